The average molecular weight is 387 g/mol. The second-order valence-electron chi connectivity index (χ2n) is 7.43. The van der Waals surface area contributed by atoms with Gasteiger partial charge in [0, 0.05) is 17.4 Å². The molecule has 0 bridgehead atoms. The minimum Gasteiger partial charge on any atom is -0.352 e. The van der Waals surface area contributed by atoms with Crippen molar-refractivity contribution in [2.24, 2.45) is 0 Å². The lowest BCUT2D eigenvalue weighted by Crippen LogP contribution is -2.43. The lowest BCUT2D eigenvalue weighted by molar-refractivity contribution is -0.120. The van der Waals surface area contributed by atoms with E-state index in [9.17, 15) is 9.59 Å². The second kappa shape index (κ2) is 8.78. The van der Waals surface area contributed by atoms with Gasteiger partial charge in [0.2, 0.25) is 5.91 Å². The number of amides is 2. The van der Waals surface area contributed by atoms with Crippen molar-refractivity contribution >= 4 is 17.5 Å². The summed E-state index contributed by atoms with van der Waals surface area (Å²) in [5.74, 6) is -0.344. The fourth-order valence-corrected chi connectivity index (χ4v) is 3.83. The third-order valence-electron chi connectivity index (χ3n) is 5.34. The summed E-state index contributed by atoms with van der Waals surface area (Å²) < 4.78 is 0. The van der Waals surface area contributed by atoms with Crippen LogP contribution in [0, 0.1) is 0 Å². The zero-order valence-electron chi connectivity index (χ0n) is 16.3. The van der Waals surface area contributed by atoms with Gasteiger partial charge in [0.15, 0.2) is 0 Å². The van der Waals surface area contributed by atoms with Crippen molar-refractivity contribution in [2.75, 3.05) is 11.4 Å². The minimum absolute atomic E-state index is 0.000955. The van der Waals surface area contributed by atoms with Crippen LogP contribution < -0.4 is 10.2 Å². The molecule has 5 nitrogen and oxygen atoms in total. The van der Waals surface area contributed by atoms with Gasteiger partial charge < -0.3 is 10.3 Å². The van der Waals surface area contributed by atoms with Crippen molar-refractivity contribution in [1.29, 1.82) is 0 Å². The Morgan fingerprint density at radius 3 is 2.24 bits per heavy atom. The van der Waals surface area contributed by atoms with Crippen LogP contribution in [0.4, 0.5) is 5.69 Å². The summed E-state index contributed by atoms with van der Waals surface area (Å²) in [5.41, 5.74) is 3.05. The molecule has 1 aliphatic carbocycles. The van der Waals surface area contributed by atoms with Gasteiger partial charge in [-0.15, -0.1) is 0 Å². The number of carbonyl (C=O) groups is 2. The van der Waals surface area contributed by atoms with Gasteiger partial charge in [-0.2, -0.15) is 0 Å². The standard InChI is InChI=1S/C24H25N3O2/c28-23(25-19-11-7-8-12-19)17-27(20-13-5-2-6-14-20)24(29)22-16-15-21(26-22)18-9-3-1-4-10-18/h1-6,9-10,13-16,19,26H,7-8,11-12,17H2,(H,25,28). The smallest absolute Gasteiger partial charge is 0.275 e. The van der Waals surface area contributed by atoms with Crippen molar-refractivity contribution < 1.29 is 9.59 Å². The van der Waals surface area contributed by atoms with Crippen LogP contribution in [0.3, 0.4) is 0 Å². The number of hydrogen-bond acceptors (Lipinski definition) is 2. The van der Waals surface area contributed by atoms with Gasteiger partial charge in [-0.25, -0.2) is 0 Å². The van der Waals surface area contributed by atoms with Gasteiger partial charge in [-0.1, -0.05) is 61.4 Å². The molecule has 3 aromatic rings. The molecule has 1 aliphatic rings. The van der Waals surface area contributed by atoms with Gasteiger partial charge in [0.25, 0.3) is 5.91 Å². The average Bonchev–Trinajstić information content (AvgIpc) is 3.45. The van der Waals surface area contributed by atoms with E-state index in [1.165, 1.54) is 4.90 Å². The summed E-state index contributed by atoms with van der Waals surface area (Å²) in [6.45, 7) is -0.000955. The Bertz CT molecular complexity index is 960. The minimum atomic E-state index is -0.222. The summed E-state index contributed by atoms with van der Waals surface area (Å²) in [5, 5.41) is 3.07. The first-order chi connectivity index (χ1) is 14.2. The first kappa shape index (κ1) is 19.0. The Morgan fingerprint density at radius 1 is 0.897 bits per heavy atom. The third kappa shape index (κ3) is 4.57. The molecular formula is C24H25N3O2. The molecule has 1 aromatic heterocycles. The normalized spacial score (nSPS) is 13.9. The Labute approximate surface area is 170 Å². The van der Waals surface area contributed by atoms with E-state index in [2.05, 4.69) is 10.3 Å². The highest BCUT2D eigenvalue weighted by Crippen LogP contribution is 2.22. The van der Waals surface area contributed by atoms with Crippen LogP contribution in [0.25, 0.3) is 11.3 Å². The number of anilines is 1. The van der Waals surface area contributed by atoms with Crippen LogP contribution in [-0.2, 0) is 4.79 Å². The van der Waals surface area contributed by atoms with Crippen molar-refractivity contribution in [3.8, 4) is 11.3 Å². The van der Waals surface area contributed by atoms with Crippen LogP contribution in [0.2, 0.25) is 0 Å². The van der Waals surface area contributed by atoms with Gasteiger partial charge >= 0.3 is 0 Å². The molecular weight excluding hydrogens is 362 g/mol. The molecule has 0 unspecified atom stereocenters. The largest absolute Gasteiger partial charge is 0.352 e. The topological polar surface area (TPSA) is 65.2 Å². The number of nitrogens with zero attached hydrogens (tertiary/aromatic N) is 1. The number of aromatic amines is 1. The van der Waals surface area contributed by atoms with Crippen LogP contribution in [0.5, 0.6) is 0 Å². The first-order valence-corrected chi connectivity index (χ1v) is 10.1. The van der Waals surface area contributed by atoms with E-state index in [-0.39, 0.29) is 24.4 Å². The molecule has 0 aliphatic heterocycles. The summed E-state index contributed by atoms with van der Waals surface area (Å²) in [7, 11) is 0. The fraction of sp³-hybridized carbons (Fsp3) is 0.250. The third-order valence-corrected chi connectivity index (χ3v) is 5.34. The lowest BCUT2D eigenvalue weighted by Gasteiger charge is -2.23. The van der Waals surface area contributed by atoms with E-state index in [1.807, 2.05) is 66.7 Å². The maximum Gasteiger partial charge on any atom is 0.275 e. The molecule has 0 spiro atoms. The predicted octanol–water partition coefficient (Wildman–Crippen LogP) is 4.39. The van der Waals surface area contributed by atoms with E-state index in [4.69, 9.17) is 0 Å². The molecule has 0 radical (unpaired) electrons. The number of H-pyrrole nitrogens is 1. The number of nitrogens with one attached hydrogen (secondary N) is 2. The molecule has 1 saturated carbocycles. The zero-order chi connectivity index (χ0) is 20.1. The van der Waals surface area contributed by atoms with Crippen LogP contribution >= 0.6 is 0 Å². The van der Waals surface area contributed by atoms with Crippen LogP contribution in [-0.4, -0.2) is 29.4 Å². The van der Waals surface area contributed by atoms with E-state index in [1.54, 1.807) is 6.07 Å². The van der Waals surface area contributed by atoms with Gasteiger partial charge in [0.05, 0.1) is 0 Å². The van der Waals surface area contributed by atoms with Crippen molar-refractivity contribution in [1.82, 2.24) is 10.3 Å². The number of rotatable bonds is 6. The molecule has 4 rings (SSSR count). The summed E-state index contributed by atoms with van der Waals surface area (Å²) >= 11 is 0. The molecule has 148 valence electrons. The number of hydrogen-bond donors (Lipinski definition) is 2. The first-order valence-electron chi connectivity index (χ1n) is 10.1. The molecule has 0 atom stereocenters. The Hall–Kier alpha value is -3.34. The fourth-order valence-electron chi connectivity index (χ4n) is 3.83. The van der Waals surface area contributed by atoms with E-state index >= 15 is 0 Å². The van der Waals surface area contributed by atoms with Crippen molar-refractivity contribution in [2.45, 2.75) is 31.7 Å². The molecule has 2 N–H and O–H groups in total. The highest BCUT2D eigenvalue weighted by Gasteiger charge is 2.24. The molecule has 29 heavy (non-hydrogen) atoms. The van der Waals surface area contributed by atoms with Crippen LogP contribution in [0.15, 0.2) is 72.8 Å². The van der Waals surface area contributed by atoms with Crippen molar-refractivity contribution in [3.05, 3.63) is 78.5 Å². The molecule has 0 saturated heterocycles. The molecule has 2 aromatic carbocycles. The predicted molar refractivity (Wildman–Crippen MR) is 115 cm³/mol. The van der Waals surface area contributed by atoms with Gasteiger partial charge in [-0.05, 0) is 42.7 Å². The van der Waals surface area contributed by atoms with Crippen molar-refractivity contribution in [3.63, 3.8) is 0 Å². The molecule has 1 fully saturated rings. The highest BCUT2D eigenvalue weighted by atomic mass is 16.2. The highest BCUT2D eigenvalue weighted by molar-refractivity contribution is 6.08. The maximum absolute atomic E-state index is 13.3. The monoisotopic (exact) mass is 387 g/mol. The number of para-hydroxylation sites is 1. The number of benzene rings is 2. The van der Waals surface area contributed by atoms with Crippen LogP contribution in [0.1, 0.15) is 36.2 Å². The van der Waals surface area contributed by atoms with E-state index in [0.717, 1.165) is 36.9 Å². The van der Waals surface area contributed by atoms with Gasteiger partial charge in [0.1, 0.15) is 12.2 Å². The Morgan fingerprint density at radius 2 is 1.55 bits per heavy atom. The summed E-state index contributed by atoms with van der Waals surface area (Å²) in [6, 6.07) is 23.1. The van der Waals surface area contributed by atoms with Gasteiger partial charge in [-0.3, -0.25) is 14.5 Å². The number of aromatic nitrogens is 1. The SMILES string of the molecule is O=C(CN(C(=O)c1ccc(-c2ccccc2)[nH]1)c1ccccc1)NC1CCCC1. The second-order valence-corrected chi connectivity index (χ2v) is 7.43. The molecule has 1 heterocycles. The van der Waals surface area contributed by atoms with E-state index in [0.29, 0.717) is 11.4 Å². The Balaban J connectivity index is 1.55. The van der Waals surface area contributed by atoms with E-state index < -0.39 is 0 Å². The lowest BCUT2D eigenvalue weighted by atomic mass is 10.2. The summed E-state index contributed by atoms with van der Waals surface area (Å²) in [6.07, 6.45) is 4.33. The Kier molecular flexibility index (Phi) is 5.75. The molecule has 5 heteroatoms. The maximum atomic E-state index is 13.3. The zero-order valence-corrected chi connectivity index (χ0v) is 16.3. The molecule has 2 amide bonds. The summed E-state index contributed by atoms with van der Waals surface area (Å²) in [4.78, 5) is 30.6. The quantitative estimate of drug-likeness (QED) is 0.659. The number of carbonyl (C=O) groups excluding carboxylic acids is 2.